The molecule has 0 radical (unpaired) electrons. The van der Waals surface area contributed by atoms with Crippen LogP contribution >= 0.6 is 0 Å². The highest BCUT2D eigenvalue weighted by atomic mass is 16.5. The van der Waals surface area contributed by atoms with E-state index in [2.05, 4.69) is 24.3 Å². The first kappa shape index (κ1) is 19.8. The van der Waals surface area contributed by atoms with Crippen molar-refractivity contribution in [3.05, 3.63) is 78.4 Å². The zero-order valence-corrected chi connectivity index (χ0v) is 16.6. The Kier molecular flexibility index (Phi) is 6.18. The molecule has 0 fully saturated rings. The summed E-state index contributed by atoms with van der Waals surface area (Å²) in [5.74, 6) is 1.37. The summed E-state index contributed by atoms with van der Waals surface area (Å²) >= 11 is 0. The van der Waals surface area contributed by atoms with Crippen molar-refractivity contribution in [2.24, 2.45) is 0 Å². The molecule has 0 aromatic heterocycles. The fourth-order valence-electron chi connectivity index (χ4n) is 3.54. The number of benzene rings is 3. The van der Waals surface area contributed by atoms with Crippen LogP contribution in [0.5, 0.6) is 17.2 Å². The molecule has 0 saturated heterocycles. The number of hydrogen-bond acceptors (Lipinski definition) is 4. The summed E-state index contributed by atoms with van der Waals surface area (Å²) in [5.41, 5.74) is 3.28. The molecule has 30 heavy (non-hydrogen) atoms. The van der Waals surface area contributed by atoms with Crippen molar-refractivity contribution >= 4 is 5.97 Å². The summed E-state index contributed by atoms with van der Waals surface area (Å²) in [4.78, 5) is 10.9. The van der Waals surface area contributed by atoms with Crippen LogP contribution in [0.4, 0.5) is 0 Å². The highest BCUT2D eigenvalue weighted by Gasteiger charge is 2.26. The fourth-order valence-corrected chi connectivity index (χ4v) is 3.54. The minimum absolute atomic E-state index is 0.0802. The van der Waals surface area contributed by atoms with E-state index in [1.807, 2.05) is 48.5 Å². The van der Waals surface area contributed by atoms with Crippen molar-refractivity contribution in [3.8, 4) is 28.4 Å². The zero-order valence-electron chi connectivity index (χ0n) is 16.6. The monoisotopic (exact) mass is 404 g/mol. The molecule has 5 nitrogen and oxygen atoms in total. The summed E-state index contributed by atoms with van der Waals surface area (Å²) in [5, 5.41) is 8.98. The van der Waals surface area contributed by atoms with Crippen LogP contribution in [0.15, 0.2) is 72.8 Å². The molecule has 1 aliphatic heterocycles. The van der Waals surface area contributed by atoms with Crippen molar-refractivity contribution in [2.75, 3.05) is 19.8 Å². The number of hydrogen-bond donors (Lipinski definition) is 1. The Hall–Kier alpha value is -3.47. The number of carboxylic acids is 1. The number of rotatable bonds is 9. The number of ether oxygens (including phenoxy) is 3. The number of aliphatic carboxylic acids is 1. The van der Waals surface area contributed by atoms with Crippen LogP contribution in [0.25, 0.3) is 11.1 Å². The Balaban J connectivity index is 1.21. The summed E-state index contributed by atoms with van der Waals surface area (Å²) in [7, 11) is 0. The van der Waals surface area contributed by atoms with Gasteiger partial charge in [-0.2, -0.15) is 0 Å². The Labute approximate surface area is 175 Å². The van der Waals surface area contributed by atoms with E-state index in [9.17, 15) is 4.79 Å². The highest BCUT2D eigenvalue weighted by molar-refractivity contribution is 5.69. The molecule has 0 saturated carbocycles. The van der Waals surface area contributed by atoms with Gasteiger partial charge in [-0.3, -0.25) is 4.79 Å². The molecule has 1 heterocycles. The summed E-state index contributed by atoms with van der Waals surface area (Å²) < 4.78 is 17.2. The predicted molar refractivity (Wildman–Crippen MR) is 114 cm³/mol. The van der Waals surface area contributed by atoms with Crippen molar-refractivity contribution in [1.82, 2.24) is 0 Å². The lowest BCUT2D eigenvalue weighted by Crippen LogP contribution is -2.07. The molecular formula is C25H24O5. The van der Waals surface area contributed by atoms with Crippen LogP contribution in [0.2, 0.25) is 0 Å². The first-order valence-corrected chi connectivity index (χ1v) is 10.1. The zero-order chi connectivity index (χ0) is 20.8. The van der Waals surface area contributed by atoms with Crippen LogP contribution < -0.4 is 14.2 Å². The molecule has 0 amide bonds. The molecule has 0 aliphatic carbocycles. The topological polar surface area (TPSA) is 65.0 Å². The van der Waals surface area contributed by atoms with Crippen LogP contribution in [-0.2, 0) is 4.79 Å². The van der Waals surface area contributed by atoms with Gasteiger partial charge in [-0.05, 0) is 29.3 Å². The first-order chi connectivity index (χ1) is 14.7. The van der Waals surface area contributed by atoms with E-state index in [0.29, 0.717) is 25.6 Å². The van der Waals surface area contributed by atoms with Gasteiger partial charge in [0.2, 0.25) is 0 Å². The van der Waals surface area contributed by atoms with Gasteiger partial charge in [0.05, 0.1) is 26.2 Å². The lowest BCUT2D eigenvalue weighted by atomic mass is 9.98. The molecule has 5 heteroatoms. The quantitative estimate of drug-likeness (QED) is 0.500. The second kappa shape index (κ2) is 9.35. The molecule has 1 unspecified atom stereocenters. The van der Waals surface area contributed by atoms with Gasteiger partial charge in [0.25, 0.3) is 0 Å². The van der Waals surface area contributed by atoms with E-state index >= 15 is 0 Å². The van der Waals surface area contributed by atoms with Gasteiger partial charge in [-0.1, -0.05) is 48.5 Å². The molecule has 1 N–H and O–H groups in total. The number of carboxylic acid groups (broad SMARTS) is 1. The third-order valence-electron chi connectivity index (χ3n) is 5.07. The second-order valence-electron chi connectivity index (χ2n) is 7.25. The largest absolute Gasteiger partial charge is 0.493 e. The van der Waals surface area contributed by atoms with Gasteiger partial charge in [0, 0.05) is 24.0 Å². The van der Waals surface area contributed by atoms with Gasteiger partial charge < -0.3 is 19.3 Å². The minimum Gasteiger partial charge on any atom is -0.493 e. The van der Waals surface area contributed by atoms with E-state index in [0.717, 1.165) is 29.0 Å². The molecule has 3 aromatic rings. The van der Waals surface area contributed by atoms with Crippen molar-refractivity contribution in [2.45, 2.75) is 18.8 Å². The summed E-state index contributed by atoms with van der Waals surface area (Å²) in [6, 6.07) is 23.9. The van der Waals surface area contributed by atoms with Crippen LogP contribution in [0.1, 0.15) is 24.3 Å². The SMILES string of the molecule is O=C(O)CC1COc2cc(OCCCOc3ccc(-c4ccccc4)cc3)ccc21. The molecule has 0 bridgehead atoms. The predicted octanol–water partition coefficient (Wildman–Crippen LogP) is 5.15. The minimum atomic E-state index is -0.813. The molecule has 1 aliphatic rings. The van der Waals surface area contributed by atoms with Gasteiger partial charge in [-0.15, -0.1) is 0 Å². The van der Waals surface area contributed by atoms with E-state index < -0.39 is 5.97 Å². The third kappa shape index (κ3) is 4.92. The summed E-state index contributed by atoms with van der Waals surface area (Å²) in [6.07, 6.45) is 0.830. The van der Waals surface area contributed by atoms with E-state index in [4.69, 9.17) is 19.3 Å². The standard InChI is InChI=1S/C25H24O5/c26-25(27)15-20-17-30-24-16-22(11-12-23(20)24)29-14-4-13-28-21-9-7-19(8-10-21)18-5-2-1-3-6-18/h1-3,5-12,16,20H,4,13-15,17H2,(H,26,27). The third-order valence-corrected chi connectivity index (χ3v) is 5.07. The first-order valence-electron chi connectivity index (χ1n) is 10.1. The van der Waals surface area contributed by atoms with Gasteiger partial charge >= 0.3 is 5.97 Å². The Morgan fingerprint density at radius 1 is 0.900 bits per heavy atom. The van der Waals surface area contributed by atoms with Crippen LogP contribution in [-0.4, -0.2) is 30.9 Å². The maximum Gasteiger partial charge on any atom is 0.304 e. The lowest BCUT2D eigenvalue weighted by molar-refractivity contribution is -0.137. The van der Waals surface area contributed by atoms with Gasteiger partial charge in [-0.25, -0.2) is 0 Å². The van der Waals surface area contributed by atoms with Gasteiger partial charge in [0.1, 0.15) is 17.2 Å². The normalized spacial score (nSPS) is 14.6. The Morgan fingerprint density at radius 3 is 2.30 bits per heavy atom. The molecule has 3 aromatic carbocycles. The van der Waals surface area contributed by atoms with Crippen molar-refractivity contribution < 1.29 is 24.1 Å². The van der Waals surface area contributed by atoms with Crippen molar-refractivity contribution in [3.63, 3.8) is 0 Å². The fraction of sp³-hybridized carbons (Fsp3) is 0.240. The van der Waals surface area contributed by atoms with Crippen molar-refractivity contribution in [1.29, 1.82) is 0 Å². The highest BCUT2D eigenvalue weighted by Crippen LogP contribution is 2.38. The molecule has 4 rings (SSSR count). The molecular weight excluding hydrogens is 380 g/mol. The van der Waals surface area contributed by atoms with Crippen LogP contribution in [0.3, 0.4) is 0 Å². The smallest absolute Gasteiger partial charge is 0.304 e. The van der Waals surface area contributed by atoms with Crippen LogP contribution in [0, 0.1) is 0 Å². The number of fused-ring (bicyclic) bond motifs is 1. The van der Waals surface area contributed by atoms with Gasteiger partial charge in [0.15, 0.2) is 0 Å². The molecule has 1 atom stereocenters. The van der Waals surface area contributed by atoms with E-state index in [-0.39, 0.29) is 12.3 Å². The maximum atomic E-state index is 10.9. The Bertz CT molecular complexity index is 982. The maximum absolute atomic E-state index is 10.9. The molecule has 0 spiro atoms. The average molecular weight is 404 g/mol. The summed E-state index contributed by atoms with van der Waals surface area (Å²) in [6.45, 7) is 1.49. The number of carbonyl (C=O) groups is 1. The molecule has 154 valence electrons. The second-order valence-corrected chi connectivity index (χ2v) is 7.25. The van der Waals surface area contributed by atoms with E-state index in [1.165, 1.54) is 5.56 Å². The Morgan fingerprint density at radius 2 is 1.57 bits per heavy atom. The van der Waals surface area contributed by atoms with E-state index in [1.54, 1.807) is 0 Å². The average Bonchev–Trinajstić information content (AvgIpc) is 3.16. The lowest BCUT2D eigenvalue weighted by Gasteiger charge is -2.10.